The van der Waals surface area contributed by atoms with Gasteiger partial charge in [-0.3, -0.25) is 10.2 Å². The summed E-state index contributed by atoms with van der Waals surface area (Å²) in [5, 5.41) is 8.06. The van der Waals surface area contributed by atoms with E-state index in [-0.39, 0.29) is 11.4 Å². The van der Waals surface area contributed by atoms with Crippen LogP contribution in [-0.2, 0) is 0 Å². The van der Waals surface area contributed by atoms with Crippen LogP contribution in [0.5, 0.6) is 0 Å². The van der Waals surface area contributed by atoms with Gasteiger partial charge in [-0.2, -0.15) is 0 Å². The number of aromatic amines is 1. The van der Waals surface area contributed by atoms with Crippen LogP contribution in [0.15, 0.2) is 33.4 Å². The number of nitrogens with two attached hydrogens (primary N) is 1. The summed E-state index contributed by atoms with van der Waals surface area (Å²) in [6.07, 6.45) is 1.50. The highest BCUT2D eigenvalue weighted by Crippen LogP contribution is 2.19. The first-order valence-corrected chi connectivity index (χ1v) is 5.79. The van der Waals surface area contributed by atoms with Crippen molar-refractivity contribution in [3.8, 4) is 0 Å². The fraction of sp³-hybridized carbons (Fsp3) is 0.100. The van der Waals surface area contributed by atoms with Gasteiger partial charge in [0.2, 0.25) is 0 Å². The Kier molecular flexibility index (Phi) is 3.38. The third-order valence-corrected chi connectivity index (χ3v) is 2.71. The van der Waals surface area contributed by atoms with E-state index < -0.39 is 0 Å². The van der Waals surface area contributed by atoms with Crippen LogP contribution in [0.4, 0.5) is 0 Å². The number of rotatable bonds is 3. The fourth-order valence-electron chi connectivity index (χ4n) is 1.23. The Morgan fingerprint density at radius 2 is 2.28 bits per heavy atom. The van der Waals surface area contributed by atoms with Gasteiger partial charge in [-0.1, -0.05) is 0 Å². The molecule has 92 valence electrons. The average molecular weight is 262 g/mol. The molecule has 2 aromatic rings. The summed E-state index contributed by atoms with van der Waals surface area (Å²) in [5.74, 6) is -0.134. The highest BCUT2D eigenvalue weighted by molar-refractivity contribution is 7.99. The maximum Gasteiger partial charge on any atom is 0.251 e. The van der Waals surface area contributed by atoms with Crippen LogP contribution in [-0.4, -0.2) is 25.8 Å². The Morgan fingerprint density at radius 1 is 1.50 bits per heavy atom. The number of hydrogen-bond acceptors (Lipinski definition) is 6. The second-order valence-electron chi connectivity index (χ2n) is 3.43. The summed E-state index contributed by atoms with van der Waals surface area (Å²) in [6, 6.07) is 2.94. The van der Waals surface area contributed by atoms with E-state index in [1.807, 2.05) is 0 Å². The Hall–Kier alpha value is -2.22. The summed E-state index contributed by atoms with van der Waals surface area (Å²) in [7, 11) is 0. The summed E-state index contributed by atoms with van der Waals surface area (Å²) < 4.78 is 0. The molecule has 0 radical (unpaired) electrons. The SMILES string of the molecule is Cc1cc(=O)[nH]c(Sc2nccc(C(=N)N)n2)n1. The van der Waals surface area contributed by atoms with Gasteiger partial charge in [0.1, 0.15) is 11.5 Å². The zero-order chi connectivity index (χ0) is 13.1. The van der Waals surface area contributed by atoms with Gasteiger partial charge < -0.3 is 10.7 Å². The minimum atomic E-state index is -0.229. The second-order valence-corrected chi connectivity index (χ2v) is 4.39. The lowest BCUT2D eigenvalue weighted by atomic mass is 10.4. The average Bonchev–Trinajstić information content (AvgIpc) is 2.27. The molecule has 0 aliphatic carbocycles. The van der Waals surface area contributed by atoms with Crippen LogP contribution in [0.3, 0.4) is 0 Å². The lowest BCUT2D eigenvalue weighted by Gasteiger charge is -2.02. The molecule has 8 heteroatoms. The number of nitrogen functional groups attached to an aromatic ring is 1. The zero-order valence-corrected chi connectivity index (χ0v) is 10.3. The molecule has 2 heterocycles. The molecule has 0 aliphatic heterocycles. The summed E-state index contributed by atoms with van der Waals surface area (Å²) in [6.45, 7) is 1.73. The number of nitrogens with one attached hydrogen (secondary N) is 2. The molecule has 0 bridgehead atoms. The van der Waals surface area contributed by atoms with Gasteiger partial charge in [-0.15, -0.1) is 0 Å². The molecule has 0 saturated carbocycles. The van der Waals surface area contributed by atoms with E-state index in [4.69, 9.17) is 11.1 Å². The van der Waals surface area contributed by atoms with Crippen molar-refractivity contribution in [1.82, 2.24) is 19.9 Å². The van der Waals surface area contributed by atoms with Gasteiger partial charge in [-0.05, 0) is 24.8 Å². The van der Waals surface area contributed by atoms with Crippen LogP contribution in [0.1, 0.15) is 11.4 Å². The maximum atomic E-state index is 11.3. The molecule has 2 rings (SSSR count). The summed E-state index contributed by atoms with van der Waals surface area (Å²) in [5.41, 5.74) is 6.06. The lowest BCUT2D eigenvalue weighted by Crippen LogP contribution is -2.14. The van der Waals surface area contributed by atoms with Gasteiger partial charge in [0.15, 0.2) is 10.3 Å². The predicted molar refractivity (Wildman–Crippen MR) is 66.8 cm³/mol. The van der Waals surface area contributed by atoms with E-state index in [1.165, 1.54) is 12.3 Å². The Balaban J connectivity index is 2.31. The number of H-pyrrole nitrogens is 1. The maximum absolute atomic E-state index is 11.3. The minimum Gasteiger partial charge on any atom is -0.382 e. The standard InChI is InChI=1S/C10H10N6OS/c1-5-4-7(17)16-10(14-5)18-9-13-3-2-6(15-9)8(11)12/h2-4H,1H3,(H3,11,12)(H,14,16,17). The Morgan fingerprint density at radius 3 is 2.94 bits per heavy atom. The van der Waals surface area contributed by atoms with Gasteiger partial charge in [0.25, 0.3) is 5.56 Å². The zero-order valence-electron chi connectivity index (χ0n) is 9.47. The molecule has 0 spiro atoms. The van der Waals surface area contributed by atoms with E-state index in [2.05, 4.69) is 19.9 Å². The lowest BCUT2D eigenvalue weighted by molar-refractivity contribution is 0.886. The van der Waals surface area contributed by atoms with Crippen LogP contribution in [0, 0.1) is 12.3 Å². The normalized spacial score (nSPS) is 10.3. The molecule has 0 aromatic carbocycles. The number of nitrogens with zero attached hydrogens (tertiary/aromatic N) is 3. The topological polar surface area (TPSA) is 121 Å². The largest absolute Gasteiger partial charge is 0.382 e. The van der Waals surface area contributed by atoms with Gasteiger partial charge in [0.05, 0.1) is 0 Å². The summed E-state index contributed by atoms with van der Waals surface area (Å²) in [4.78, 5) is 26.1. The molecular formula is C10H10N6OS. The molecule has 0 amide bonds. The highest BCUT2D eigenvalue weighted by atomic mass is 32.2. The van der Waals surface area contributed by atoms with Crippen molar-refractivity contribution < 1.29 is 0 Å². The molecule has 4 N–H and O–H groups in total. The van der Waals surface area contributed by atoms with Crippen LogP contribution >= 0.6 is 11.8 Å². The first-order valence-electron chi connectivity index (χ1n) is 4.98. The first kappa shape index (κ1) is 12.2. The molecule has 18 heavy (non-hydrogen) atoms. The molecule has 0 fully saturated rings. The third-order valence-electron chi connectivity index (χ3n) is 1.95. The number of aromatic nitrogens is 4. The van der Waals surface area contributed by atoms with Gasteiger partial charge in [-0.25, -0.2) is 15.0 Å². The van der Waals surface area contributed by atoms with E-state index in [0.29, 0.717) is 21.7 Å². The summed E-state index contributed by atoms with van der Waals surface area (Å²) >= 11 is 1.11. The van der Waals surface area contributed by atoms with E-state index in [0.717, 1.165) is 11.8 Å². The molecule has 0 aliphatic rings. The number of hydrogen-bond donors (Lipinski definition) is 3. The molecular weight excluding hydrogens is 252 g/mol. The second kappa shape index (κ2) is 4.96. The van der Waals surface area contributed by atoms with Crippen molar-refractivity contribution in [2.75, 3.05) is 0 Å². The molecule has 0 atom stereocenters. The van der Waals surface area contributed by atoms with Crippen molar-refractivity contribution in [2.45, 2.75) is 17.2 Å². The fourth-order valence-corrected chi connectivity index (χ4v) is 2.00. The van der Waals surface area contributed by atoms with Crippen molar-refractivity contribution in [3.05, 3.63) is 40.1 Å². The van der Waals surface area contributed by atoms with Crippen molar-refractivity contribution >= 4 is 17.6 Å². The Labute approximate surface area is 106 Å². The smallest absolute Gasteiger partial charge is 0.251 e. The minimum absolute atomic E-state index is 0.134. The van der Waals surface area contributed by atoms with Crippen LogP contribution in [0.25, 0.3) is 0 Å². The van der Waals surface area contributed by atoms with E-state index in [9.17, 15) is 4.79 Å². The van der Waals surface area contributed by atoms with Crippen molar-refractivity contribution in [1.29, 1.82) is 5.41 Å². The number of aryl methyl sites for hydroxylation is 1. The van der Waals surface area contributed by atoms with E-state index >= 15 is 0 Å². The first-order chi connectivity index (χ1) is 8.54. The van der Waals surface area contributed by atoms with Gasteiger partial charge >= 0.3 is 0 Å². The number of amidine groups is 1. The quantitative estimate of drug-likeness (QED) is 0.415. The van der Waals surface area contributed by atoms with Gasteiger partial charge in [0, 0.05) is 18.0 Å². The molecule has 2 aromatic heterocycles. The van der Waals surface area contributed by atoms with Crippen molar-refractivity contribution in [3.63, 3.8) is 0 Å². The van der Waals surface area contributed by atoms with Crippen LogP contribution < -0.4 is 11.3 Å². The monoisotopic (exact) mass is 262 g/mol. The molecule has 7 nitrogen and oxygen atoms in total. The molecule has 0 saturated heterocycles. The predicted octanol–water partition coefficient (Wildman–Crippen LogP) is 0.304. The van der Waals surface area contributed by atoms with Crippen molar-refractivity contribution in [2.24, 2.45) is 5.73 Å². The highest BCUT2D eigenvalue weighted by Gasteiger charge is 2.06. The van der Waals surface area contributed by atoms with Crippen LogP contribution in [0.2, 0.25) is 0 Å². The Bertz CT molecular complexity index is 653. The third kappa shape index (κ3) is 2.92. The van der Waals surface area contributed by atoms with E-state index in [1.54, 1.807) is 13.0 Å². The molecule has 0 unspecified atom stereocenters.